The minimum atomic E-state index is -0.329. The zero-order valence-corrected chi connectivity index (χ0v) is 9.51. The van der Waals surface area contributed by atoms with Crippen LogP contribution in [-0.4, -0.2) is 24.5 Å². The molecule has 1 amide bonds. The van der Waals surface area contributed by atoms with Crippen molar-refractivity contribution in [1.29, 1.82) is 0 Å². The van der Waals surface area contributed by atoms with E-state index in [0.29, 0.717) is 0 Å². The Bertz CT molecular complexity index is 218. The molecule has 0 aliphatic carbocycles. The van der Waals surface area contributed by atoms with Crippen molar-refractivity contribution >= 4 is 11.9 Å². The molecule has 0 aromatic rings. The van der Waals surface area contributed by atoms with E-state index < -0.39 is 0 Å². The zero-order valence-electron chi connectivity index (χ0n) is 9.51. The predicted molar refractivity (Wildman–Crippen MR) is 53.7 cm³/mol. The van der Waals surface area contributed by atoms with Crippen LogP contribution in [0.3, 0.4) is 0 Å². The molecule has 0 aliphatic rings. The minimum Gasteiger partial charge on any atom is -0.464 e. The Kier molecular flexibility index (Phi) is 4.60. The fourth-order valence-corrected chi connectivity index (χ4v) is 0.954. The van der Waals surface area contributed by atoms with Gasteiger partial charge >= 0.3 is 5.97 Å². The van der Waals surface area contributed by atoms with E-state index in [1.807, 2.05) is 20.8 Å². The summed E-state index contributed by atoms with van der Waals surface area (Å²) in [6, 6.07) is -0.149. The molecule has 1 atom stereocenters. The summed E-state index contributed by atoms with van der Waals surface area (Å²) in [6.45, 7) is 8.98. The Morgan fingerprint density at radius 1 is 1.29 bits per heavy atom. The highest BCUT2D eigenvalue weighted by Gasteiger charge is 2.26. The second-order valence-electron chi connectivity index (χ2n) is 4.42. The highest BCUT2D eigenvalue weighted by molar-refractivity contribution is 5.73. The summed E-state index contributed by atoms with van der Waals surface area (Å²) in [7, 11) is 0. The molecule has 4 nitrogen and oxygen atoms in total. The van der Waals surface area contributed by atoms with Crippen molar-refractivity contribution in [3.63, 3.8) is 0 Å². The highest BCUT2D eigenvalue weighted by atomic mass is 16.5. The third kappa shape index (κ3) is 5.56. The Morgan fingerprint density at radius 3 is 2.07 bits per heavy atom. The van der Waals surface area contributed by atoms with E-state index in [1.165, 1.54) is 13.8 Å². The lowest BCUT2D eigenvalue weighted by molar-refractivity contribution is -0.143. The summed E-state index contributed by atoms with van der Waals surface area (Å²) >= 11 is 0. The Hall–Kier alpha value is -1.06. The Balaban J connectivity index is 4.26. The quantitative estimate of drug-likeness (QED) is 0.696. The average Bonchev–Trinajstić information content (AvgIpc) is 1.94. The van der Waals surface area contributed by atoms with Gasteiger partial charge in [-0.05, 0) is 5.41 Å². The van der Waals surface area contributed by atoms with Crippen molar-refractivity contribution in [3.8, 4) is 0 Å². The first-order chi connectivity index (χ1) is 6.23. The van der Waals surface area contributed by atoms with E-state index in [9.17, 15) is 9.59 Å². The van der Waals surface area contributed by atoms with E-state index in [-0.39, 0.29) is 29.9 Å². The summed E-state index contributed by atoms with van der Waals surface area (Å²) in [5, 5.41) is 2.76. The second-order valence-corrected chi connectivity index (χ2v) is 4.42. The lowest BCUT2D eigenvalue weighted by Crippen LogP contribution is -2.46. The van der Waals surface area contributed by atoms with Crippen molar-refractivity contribution in [1.82, 2.24) is 5.32 Å². The molecule has 0 rings (SSSR count). The number of carbonyl (C=O) groups excluding carboxylic acids is 2. The van der Waals surface area contributed by atoms with Crippen LogP contribution in [0.2, 0.25) is 0 Å². The summed E-state index contributed by atoms with van der Waals surface area (Å²) < 4.78 is 4.88. The molecule has 0 aliphatic heterocycles. The number of esters is 1. The molecule has 14 heavy (non-hydrogen) atoms. The number of amides is 1. The maximum absolute atomic E-state index is 10.9. The molecule has 0 aromatic heterocycles. The molecule has 0 spiro atoms. The molecule has 0 aromatic carbocycles. The van der Waals surface area contributed by atoms with Crippen LogP contribution in [-0.2, 0) is 14.3 Å². The fraction of sp³-hybridized carbons (Fsp3) is 0.800. The van der Waals surface area contributed by atoms with E-state index >= 15 is 0 Å². The number of nitrogens with one attached hydrogen (secondary N) is 1. The molecule has 0 bridgehead atoms. The van der Waals surface area contributed by atoms with Crippen LogP contribution in [0.15, 0.2) is 0 Å². The van der Waals surface area contributed by atoms with Gasteiger partial charge in [-0.1, -0.05) is 20.8 Å². The lowest BCUT2D eigenvalue weighted by Gasteiger charge is -2.30. The molecule has 0 saturated heterocycles. The van der Waals surface area contributed by atoms with Crippen molar-refractivity contribution < 1.29 is 14.3 Å². The summed E-state index contributed by atoms with van der Waals surface area (Å²) in [5.41, 5.74) is -0.124. The van der Waals surface area contributed by atoms with Crippen LogP contribution in [0.1, 0.15) is 34.6 Å². The number of hydrogen-bond acceptors (Lipinski definition) is 3. The maximum Gasteiger partial charge on any atom is 0.302 e. The van der Waals surface area contributed by atoms with Gasteiger partial charge in [0.15, 0.2) is 0 Å². The Labute approximate surface area is 85.0 Å². The van der Waals surface area contributed by atoms with Crippen molar-refractivity contribution in [2.75, 3.05) is 6.61 Å². The monoisotopic (exact) mass is 201 g/mol. The predicted octanol–water partition coefficient (Wildman–Crippen LogP) is 1.10. The van der Waals surface area contributed by atoms with Gasteiger partial charge in [-0.15, -0.1) is 0 Å². The van der Waals surface area contributed by atoms with Crippen molar-refractivity contribution in [2.45, 2.75) is 40.7 Å². The number of carbonyl (C=O) groups is 2. The average molecular weight is 201 g/mol. The molecule has 1 N–H and O–H groups in total. The number of ether oxygens (including phenoxy) is 1. The first-order valence-corrected chi connectivity index (χ1v) is 4.64. The van der Waals surface area contributed by atoms with Crippen LogP contribution in [0.4, 0.5) is 0 Å². The summed E-state index contributed by atoms with van der Waals surface area (Å²) in [5.74, 6) is -0.443. The number of hydrogen-bond donors (Lipinski definition) is 1. The smallest absolute Gasteiger partial charge is 0.302 e. The van der Waals surface area contributed by atoms with Gasteiger partial charge < -0.3 is 10.1 Å². The first kappa shape index (κ1) is 12.9. The summed E-state index contributed by atoms with van der Waals surface area (Å²) in [4.78, 5) is 21.5. The van der Waals surface area contributed by atoms with Crippen LogP contribution in [0.5, 0.6) is 0 Å². The number of rotatable bonds is 3. The van der Waals surface area contributed by atoms with Gasteiger partial charge in [0.05, 0.1) is 6.04 Å². The van der Waals surface area contributed by atoms with E-state index in [1.54, 1.807) is 0 Å². The first-order valence-electron chi connectivity index (χ1n) is 4.64. The van der Waals surface area contributed by atoms with Crippen LogP contribution < -0.4 is 5.32 Å². The summed E-state index contributed by atoms with van der Waals surface area (Å²) in [6.07, 6.45) is 0. The van der Waals surface area contributed by atoms with E-state index in [0.717, 1.165) is 0 Å². The van der Waals surface area contributed by atoms with Crippen molar-refractivity contribution in [2.24, 2.45) is 5.41 Å². The van der Waals surface area contributed by atoms with Gasteiger partial charge in [0, 0.05) is 13.8 Å². The minimum absolute atomic E-state index is 0.114. The highest BCUT2D eigenvalue weighted by Crippen LogP contribution is 2.19. The van der Waals surface area contributed by atoms with Crippen LogP contribution in [0, 0.1) is 5.41 Å². The molecule has 0 fully saturated rings. The normalized spacial score (nSPS) is 13.2. The van der Waals surface area contributed by atoms with Gasteiger partial charge in [-0.3, -0.25) is 9.59 Å². The molecule has 0 heterocycles. The second kappa shape index (κ2) is 4.98. The SMILES string of the molecule is CC(=O)NC(COC(C)=O)C(C)(C)C. The standard InChI is InChI=1S/C10H19NO3/c1-7(12)11-9(10(3,4)5)6-14-8(2)13/h9H,6H2,1-5H3,(H,11,12). The molecule has 0 radical (unpaired) electrons. The van der Waals surface area contributed by atoms with Gasteiger partial charge in [0.2, 0.25) is 5.91 Å². The van der Waals surface area contributed by atoms with Crippen LogP contribution in [0.25, 0.3) is 0 Å². The van der Waals surface area contributed by atoms with Gasteiger partial charge in [-0.25, -0.2) is 0 Å². The largest absolute Gasteiger partial charge is 0.464 e. The molecule has 82 valence electrons. The zero-order chi connectivity index (χ0) is 11.4. The van der Waals surface area contributed by atoms with Gasteiger partial charge in [0.1, 0.15) is 6.61 Å². The fourth-order valence-electron chi connectivity index (χ4n) is 0.954. The molecule has 1 unspecified atom stereocenters. The van der Waals surface area contributed by atoms with E-state index in [2.05, 4.69) is 5.32 Å². The topological polar surface area (TPSA) is 55.4 Å². The molecular formula is C10H19NO3. The van der Waals surface area contributed by atoms with Gasteiger partial charge in [-0.2, -0.15) is 0 Å². The maximum atomic E-state index is 10.9. The molecule has 0 saturated carbocycles. The van der Waals surface area contributed by atoms with E-state index in [4.69, 9.17) is 4.74 Å². The van der Waals surface area contributed by atoms with Gasteiger partial charge in [0.25, 0.3) is 0 Å². The molecule has 4 heteroatoms. The van der Waals surface area contributed by atoms with Crippen molar-refractivity contribution in [3.05, 3.63) is 0 Å². The Morgan fingerprint density at radius 2 is 1.79 bits per heavy atom. The molecular weight excluding hydrogens is 182 g/mol. The third-order valence-corrected chi connectivity index (χ3v) is 1.88. The third-order valence-electron chi connectivity index (χ3n) is 1.88. The lowest BCUT2D eigenvalue weighted by atomic mass is 9.87. The van der Waals surface area contributed by atoms with Crippen LogP contribution >= 0.6 is 0 Å².